The van der Waals surface area contributed by atoms with Crippen LogP contribution in [-0.2, 0) is 0 Å². The normalized spacial score (nSPS) is 9.94. The highest BCUT2D eigenvalue weighted by atomic mass is 16.1. The molecule has 0 fully saturated rings. The fourth-order valence-electron chi connectivity index (χ4n) is 1.29. The molecule has 17 heavy (non-hydrogen) atoms. The summed E-state index contributed by atoms with van der Waals surface area (Å²) in [5, 5.41) is 2.69. The molecule has 0 atom stereocenters. The quantitative estimate of drug-likeness (QED) is 0.801. The molecule has 2 rings (SSSR count). The van der Waals surface area contributed by atoms with Crippen molar-refractivity contribution >= 4 is 17.4 Å². The minimum Gasteiger partial charge on any atom is -0.382 e. The van der Waals surface area contributed by atoms with Gasteiger partial charge in [-0.05, 0) is 19.1 Å². The Morgan fingerprint density at radius 1 is 1.41 bits per heavy atom. The van der Waals surface area contributed by atoms with Gasteiger partial charge in [-0.2, -0.15) is 0 Å². The van der Waals surface area contributed by atoms with Crippen LogP contribution in [0.3, 0.4) is 0 Å². The zero-order valence-electron chi connectivity index (χ0n) is 9.21. The van der Waals surface area contributed by atoms with E-state index in [0.717, 1.165) is 5.69 Å². The van der Waals surface area contributed by atoms with Crippen LogP contribution in [0.25, 0.3) is 0 Å². The topological polar surface area (TPSA) is 93.8 Å². The van der Waals surface area contributed by atoms with Crippen molar-refractivity contribution in [2.24, 2.45) is 0 Å². The highest BCUT2D eigenvalue weighted by molar-refractivity contribution is 6.03. The second kappa shape index (κ2) is 4.56. The van der Waals surface area contributed by atoms with E-state index >= 15 is 0 Å². The van der Waals surface area contributed by atoms with Gasteiger partial charge in [0.1, 0.15) is 11.5 Å². The summed E-state index contributed by atoms with van der Waals surface area (Å²) in [7, 11) is 0. The molecule has 1 amide bonds. The van der Waals surface area contributed by atoms with Crippen LogP contribution < -0.4 is 11.1 Å². The van der Waals surface area contributed by atoms with Crippen LogP contribution in [0.5, 0.6) is 0 Å². The third kappa shape index (κ3) is 2.54. The summed E-state index contributed by atoms with van der Waals surface area (Å²) in [5.74, 6) is -0.151. The van der Waals surface area contributed by atoms with Crippen LogP contribution in [0.1, 0.15) is 16.2 Å². The molecule has 2 aromatic heterocycles. The van der Waals surface area contributed by atoms with Crippen molar-refractivity contribution in [1.82, 2.24) is 15.0 Å². The lowest BCUT2D eigenvalue weighted by atomic mass is 10.3. The van der Waals surface area contributed by atoms with Gasteiger partial charge in [0, 0.05) is 6.20 Å². The largest absolute Gasteiger partial charge is 0.382 e. The van der Waals surface area contributed by atoms with Crippen molar-refractivity contribution in [1.29, 1.82) is 0 Å². The molecule has 0 spiro atoms. The van der Waals surface area contributed by atoms with E-state index in [1.165, 1.54) is 12.4 Å². The molecule has 0 aromatic carbocycles. The highest BCUT2D eigenvalue weighted by Crippen LogP contribution is 2.11. The fraction of sp³-hybridized carbons (Fsp3) is 0.0909. The molecule has 0 saturated carbocycles. The molecule has 0 aliphatic heterocycles. The summed E-state index contributed by atoms with van der Waals surface area (Å²) >= 11 is 0. The monoisotopic (exact) mass is 229 g/mol. The number of hydrogen-bond donors (Lipinski definition) is 2. The van der Waals surface area contributed by atoms with Crippen LogP contribution in [0, 0.1) is 6.92 Å². The third-order valence-corrected chi connectivity index (χ3v) is 2.14. The zero-order chi connectivity index (χ0) is 12.3. The first kappa shape index (κ1) is 11.0. The second-order valence-corrected chi connectivity index (χ2v) is 3.42. The van der Waals surface area contributed by atoms with Crippen molar-refractivity contribution in [3.8, 4) is 0 Å². The first-order valence-electron chi connectivity index (χ1n) is 4.97. The smallest absolute Gasteiger partial charge is 0.276 e. The van der Waals surface area contributed by atoms with Crippen molar-refractivity contribution in [2.75, 3.05) is 11.1 Å². The first-order chi connectivity index (χ1) is 8.16. The van der Waals surface area contributed by atoms with E-state index in [-0.39, 0.29) is 17.4 Å². The number of carbonyl (C=O) groups excluding carboxylic acids is 1. The Labute approximate surface area is 97.9 Å². The predicted molar refractivity (Wildman–Crippen MR) is 63.4 cm³/mol. The van der Waals surface area contributed by atoms with Gasteiger partial charge in [0.25, 0.3) is 5.91 Å². The van der Waals surface area contributed by atoms with Crippen molar-refractivity contribution in [3.05, 3.63) is 42.1 Å². The van der Waals surface area contributed by atoms with E-state index in [1.54, 1.807) is 25.3 Å². The molecule has 6 heteroatoms. The minimum absolute atomic E-state index is 0.174. The van der Waals surface area contributed by atoms with E-state index < -0.39 is 0 Å². The second-order valence-electron chi connectivity index (χ2n) is 3.42. The molecule has 86 valence electrons. The number of aromatic nitrogens is 3. The molecule has 2 aromatic rings. The van der Waals surface area contributed by atoms with Gasteiger partial charge in [0.15, 0.2) is 0 Å². The number of nitrogen functional groups attached to an aromatic ring is 1. The number of amides is 1. The van der Waals surface area contributed by atoms with Crippen molar-refractivity contribution in [2.45, 2.75) is 6.92 Å². The average Bonchev–Trinajstić information content (AvgIpc) is 2.32. The van der Waals surface area contributed by atoms with E-state index in [9.17, 15) is 4.79 Å². The third-order valence-electron chi connectivity index (χ3n) is 2.14. The van der Waals surface area contributed by atoms with Gasteiger partial charge in [-0.25, -0.2) is 4.98 Å². The van der Waals surface area contributed by atoms with Gasteiger partial charge in [0.2, 0.25) is 0 Å². The number of anilines is 2. The standard InChI is InChI=1S/C11H11N5O/c1-7-8(3-2-4-14-7)16-11(17)9-5-13-6-10(12)15-9/h2-6H,1H3,(H2,12,15)(H,16,17). The summed E-state index contributed by atoms with van der Waals surface area (Å²) in [4.78, 5) is 23.6. The molecule has 0 saturated heterocycles. The maximum atomic E-state index is 11.8. The molecule has 3 N–H and O–H groups in total. The van der Waals surface area contributed by atoms with E-state index in [2.05, 4.69) is 20.3 Å². The number of carbonyl (C=O) groups is 1. The Hall–Kier alpha value is -2.50. The Balaban J connectivity index is 2.20. The summed E-state index contributed by atoms with van der Waals surface area (Å²) in [6.45, 7) is 1.81. The van der Waals surface area contributed by atoms with Gasteiger partial charge in [-0.1, -0.05) is 0 Å². The molecule has 0 unspecified atom stereocenters. The highest BCUT2D eigenvalue weighted by Gasteiger charge is 2.09. The van der Waals surface area contributed by atoms with Crippen molar-refractivity contribution < 1.29 is 4.79 Å². The molecule has 6 nitrogen and oxygen atoms in total. The fourth-order valence-corrected chi connectivity index (χ4v) is 1.29. The Morgan fingerprint density at radius 3 is 2.94 bits per heavy atom. The van der Waals surface area contributed by atoms with Crippen LogP contribution in [0.4, 0.5) is 11.5 Å². The zero-order valence-corrected chi connectivity index (χ0v) is 9.21. The van der Waals surface area contributed by atoms with Crippen molar-refractivity contribution in [3.63, 3.8) is 0 Å². The summed E-state index contributed by atoms with van der Waals surface area (Å²) in [6.07, 6.45) is 4.40. The summed E-state index contributed by atoms with van der Waals surface area (Å²) in [5.41, 5.74) is 7.00. The number of nitrogens with zero attached hydrogens (tertiary/aromatic N) is 3. The first-order valence-corrected chi connectivity index (χ1v) is 4.97. The Kier molecular flexibility index (Phi) is 2.95. The molecule has 0 radical (unpaired) electrons. The number of hydrogen-bond acceptors (Lipinski definition) is 5. The summed E-state index contributed by atoms with van der Waals surface area (Å²) < 4.78 is 0. The van der Waals surface area contributed by atoms with Gasteiger partial charge in [0.05, 0.1) is 23.8 Å². The van der Waals surface area contributed by atoms with Gasteiger partial charge in [-0.3, -0.25) is 14.8 Å². The number of rotatable bonds is 2. The lowest BCUT2D eigenvalue weighted by Crippen LogP contribution is -2.15. The maximum Gasteiger partial charge on any atom is 0.276 e. The lowest BCUT2D eigenvalue weighted by molar-refractivity contribution is 0.102. The number of nitrogens with one attached hydrogen (secondary N) is 1. The SMILES string of the molecule is Cc1ncccc1NC(=O)c1cncc(N)n1. The Bertz CT molecular complexity index is 555. The molecular weight excluding hydrogens is 218 g/mol. The Morgan fingerprint density at radius 2 is 2.24 bits per heavy atom. The van der Waals surface area contributed by atoms with Crippen LogP contribution in [0.2, 0.25) is 0 Å². The predicted octanol–water partition coefficient (Wildman–Crippen LogP) is 1.01. The van der Waals surface area contributed by atoms with Crippen LogP contribution in [0.15, 0.2) is 30.7 Å². The van der Waals surface area contributed by atoms with E-state index in [1.807, 2.05) is 0 Å². The maximum absolute atomic E-state index is 11.8. The molecule has 0 bridgehead atoms. The van der Waals surface area contributed by atoms with Gasteiger partial charge < -0.3 is 11.1 Å². The summed E-state index contributed by atoms with van der Waals surface area (Å²) in [6, 6.07) is 3.51. The lowest BCUT2D eigenvalue weighted by Gasteiger charge is -2.06. The average molecular weight is 229 g/mol. The van der Waals surface area contributed by atoms with E-state index in [0.29, 0.717) is 5.69 Å². The van der Waals surface area contributed by atoms with Gasteiger partial charge in [-0.15, -0.1) is 0 Å². The van der Waals surface area contributed by atoms with Crippen LogP contribution >= 0.6 is 0 Å². The number of nitrogens with two attached hydrogens (primary N) is 1. The van der Waals surface area contributed by atoms with Crippen LogP contribution in [-0.4, -0.2) is 20.9 Å². The molecule has 2 heterocycles. The van der Waals surface area contributed by atoms with Gasteiger partial charge >= 0.3 is 0 Å². The molecule has 0 aliphatic rings. The molecule has 0 aliphatic carbocycles. The number of pyridine rings is 1. The number of aryl methyl sites for hydroxylation is 1. The minimum atomic E-state index is -0.360. The molecular formula is C11H11N5O. The van der Waals surface area contributed by atoms with E-state index in [4.69, 9.17) is 5.73 Å².